The second-order valence-electron chi connectivity index (χ2n) is 9.40. The van der Waals surface area contributed by atoms with Gasteiger partial charge in [0.15, 0.2) is 5.78 Å². The van der Waals surface area contributed by atoms with Crippen molar-refractivity contribution in [3.8, 4) is 23.0 Å². The quantitative estimate of drug-likeness (QED) is 0.260. The number of phenols is 3. The van der Waals surface area contributed by atoms with E-state index >= 15 is 0 Å². The van der Waals surface area contributed by atoms with Crippen LogP contribution in [0.25, 0.3) is 6.08 Å². The molecule has 32 heavy (non-hydrogen) atoms. The summed E-state index contributed by atoms with van der Waals surface area (Å²) in [5.74, 6) is -0.385. The van der Waals surface area contributed by atoms with Gasteiger partial charge in [0.1, 0.15) is 28.6 Å². The lowest BCUT2D eigenvalue weighted by molar-refractivity contribution is 0.104. The topological polar surface area (TPSA) is 87.0 Å². The van der Waals surface area contributed by atoms with E-state index in [2.05, 4.69) is 20.8 Å². The van der Waals surface area contributed by atoms with Crippen LogP contribution in [-0.4, -0.2) is 28.2 Å². The van der Waals surface area contributed by atoms with Crippen molar-refractivity contribution in [2.24, 2.45) is 5.41 Å². The first-order chi connectivity index (χ1) is 14.9. The number of hydrogen-bond donors (Lipinski definition) is 3. The Bertz CT molecular complexity index is 1020. The summed E-state index contributed by atoms with van der Waals surface area (Å²) in [7, 11) is 1.44. The summed E-state index contributed by atoms with van der Waals surface area (Å²) in [5, 5.41) is 31.4. The van der Waals surface area contributed by atoms with Crippen LogP contribution in [0.15, 0.2) is 42.0 Å². The highest BCUT2D eigenvalue weighted by molar-refractivity contribution is 6.11. The second-order valence-corrected chi connectivity index (χ2v) is 9.40. The monoisotopic (exact) mass is 438 g/mol. The molecule has 172 valence electrons. The summed E-state index contributed by atoms with van der Waals surface area (Å²) in [6.07, 6.45) is 6.43. The minimum Gasteiger partial charge on any atom is -0.508 e. The molecule has 0 aliphatic carbocycles. The van der Waals surface area contributed by atoms with Crippen molar-refractivity contribution in [3.63, 3.8) is 0 Å². The Morgan fingerprint density at radius 3 is 2.16 bits per heavy atom. The van der Waals surface area contributed by atoms with Gasteiger partial charge < -0.3 is 20.1 Å². The minimum absolute atomic E-state index is 0.0123. The maximum Gasteiger partial charge on any atom is 0.193 e. The lowest BCUT2D eigenvalue weighted by Gasteiger charge is -2.22. The first-order valence-electron chi connectivity index (χ1n) is 10.7. The molecule has 0 amide bonds. The van der Waals surface area contributed by atoms with Gasteiger partial charge in [0.2, 0.25) is 0 Å². The number of carbonyl (C=O) groups is 1. The van der Waals surface area contributed by atoms with Gasteiger partial charge in [0.05, 0.1) is 7.11 Å². The van der Waals surface area contributed by atoms with Crippen LogP contribution in [-0.2, 0) is 12.8 Å². The van der Waals surface area contributed by atoms with Crippen molar-refractivity contribution in [3.05, 3.63) is 64.2 Å². The van der Waals surface area contributed by atoms with E-state index in [1.807, 2.05) is 19.9 Å². The Morgan fingerprint density at radius 2 is 1.62 bits per heavy atom. The third-order valence-corrected chi connectivity index (χ3v) is 5.21. The summed E-state index contributed by atoms with van der Waals surface area (Å²) >= 11 is 0. The van der Waals surface area contributed by atoms with Crippen LogP contribution < -0.4 is 4.74 Å². The number of methoxy groups -OCH3 is 1. The van der Waals surface area contributed by atoms with Crippen molar-refractivity contribution in [2.75, 3.05) is 7.11 Å². The molecule has 0 atom stereocenters. The molecule has 3 N–H and O–H groups in total. The first-order valence-corrected chi connectivity index (χ1v) is 10.7. The molecule has 0 saturated carbocycles. The molecule has 2 rings (SSSR count). The molecule has 0 fully saturated rings. The van der Waals surface area contributed by atoms with Crippen molar-refractivity contribution in [2.45, 2.75) is 53.9 Å². The summed E-state index contributed by atoms with van der Waals surface area (Å²) < 4.78 is 5.55. The largest absolute Gasteiger partial charge is 0.508 e. The number of carbonyl (C=O) groups excluding carboxylic acids is 1. The number of ether oxygens (including phenoxy) is 1. The fourth-order valence-electron chi connectivity index (χ4n) is 3.34. The van der Waals surface area contributed by atoms with Crippen LogP contribution in [0.5, 0.6) is 23.0 Å². The van der Waals surface area contributed by atoms with Gasteiger partial charge >= 0.3 is 0 Å². The summed E-state index contributed by atoms with van der Waals surface area (Å²) in [6.45, 7) is 10.2. The fourth-order valence-corrected chi connectivity index (χ4v) is 3.34. The fraction of sp³-hybridized carbons (Fsp3) is 0.370. The van der Waals surface area contributed by atoms with Crippen molar-refractivity contribution in [1.82, 2.24) is 0 Å². The molecule has 0 aromatic heterocycles. The molecular formula is C27H34O5. The average Bonchev–Trinajstić information content (AvgIpc) is 2.70. The standard InChI is InChI=1S/C27H34O5/c1-17(2)7-13-20-24(30)21(15-16-27(3,4)5)26(32-6)23(25(20)31)22(29)14-10-18-8-11-19(28)12-9-18/h7-12,14,28,30-31H,13,15-16H2,1-6H3/b14-10+. The van der Waals surface area contributed by atoms with Crippen LogP contribution in [0.2, 0.25) is 0 Å². The summed E-state index contributed by atoms with van der Waals surface area (Å²) in [4.78, 5) is 13.2. The predicted molar refractivity (Wildman–Crippen MR) is 129 cm³/mol. The molecule has 0 saturated heterocycles. The van der Waals surface area contributed by atoms with Gasteiger partial charge in [-0.15, -0.1) is 0 Å². The highest BCUT2D eigenvalue weighted by Gasteiger charge is 2.27. The molecule has 0 radical (unpaired) electrons. The van der Waals surface area contributed by atoms with Crippen molar-refractivity contribution >= 4 is 11.9 Å². The van der Waals surface area contributed by atoms with Crippen LogP contribution in [0.3, 0.4) is 0 Å². The first kappa shape index (κ1) is 25.1. The molecule has 2 aromatic carbocycles. The molecule has 5 nitrogen and oxygen atoms in total. The lowest BCUT2D eigenvalue weighted by atomic mass is 9.86. The van der Waals surface area contributed by atoms with E-state index < -0.39 is 5.78 Å². The molecule has 0 heterocycles. The van der Waals surface area contributed by atoms with E-state index in [1.54, 1.807) is 18.2 Å². The van der Waals surface area contributed by atoms with Gasteiger partial charge in [0, 0.05) is 11.1 Å². The maximum atomic E-state index is 13.2. The van der Waals surface area contributed by atoms with E-state index in [4.69, 9.17) is 4.74 Å². The van der Waals surface area contributed by atoms with Gasteiger partial charge in [-0.25, -0.2) is 0 Å². The molecule has 0 unspecified atom stereocenters. The van der Waals surface area contributed by atoms with E-state index in [9.17, 15) is 20.1 Å². The van der Waals surface area contributed by atoms with Crippen molar-refractivity contribution < 1.29 is 24.9 Å². The maximum absolute atomic E-state index is 13.2. The Morgan fingerprint density at radius 1 is 1.00 bits per heavy atom. The molecule has 0 aliphatic rings. The lowest BCUT2D eigenvalue weighted by Crippen LogP contribution is -2.10. The van der Waals surface area contributed by atoms with E-state index in [-0.39, 0.29) is 34.0 Å². The van der Waals surface area contributed by atoms with Crippen LogP contribution in [0, 0.1) is 5.41 Å². The van der Waals surface area contributed by atoms with Crippen LogP contribution in [0.4, 0.5) is 0 Å². The van der Waals surface area contributed by atoms with Gasteiger partial charge in [-0.05, 0) is 62.3 Å². The molecule has 0 bridgehead atoms. The highest BCUT2D eigenvalue weighted by Crippen LogP contribution is 2.45. The molecule has 5 heteroatoms. The summed E-state index contributed by atoms with van der Waals surface area (Å²) in [5.41, 5.74) is 2.66. The Kier molecular flexibility index (Phi) is 8.14. The van der Waals surface area contributed by atoms with Gasteiger partial charge in [-0.1, -0.05) is 50.6 Å². The molecule has 0 aliphatic heterocycles. The SMILES string of the molecule is COc1c(CCC(C)(C)C)c(O)c(CC=C(C)C)c(O)c1C(=O)/C=C/c1ccc(O)cc1. The van der Waals surface area contributed by atoms with E-state index in [0.717, 1.165) is 17.6 Å². The number of phenolic OH excluding ortho intramolecular Hbond substituents is 3. The van der Waals surface area contributed by atoms with Gasteiger partial charge in [0.25, 0.3) is 0 Å². The average molecular weight is 439 g/mol. The third-order valence-electron chi connectivity index (χ3n) is 5.21. The normalized spacial score (nSPS) is 11.6. The molecular weight excluding hydrogens is 404 g/mol. The van der Waals surface area contributed by atoms with Crippen LogP contribution >= 0.6 is 0 Å². The zero-order chi connectivity index (χ0) is 24.1. The number of ketones is 1. The van der Waals surface area contributed by atoms with E-state index in [1.165, 1.54) is 25.3 Å². The molecule has 2 aromatic rings. The highest BCUT2D eigenvalue weighted by atomic mass is 16.5. The number of aromatic hydroxyl groups is 3. The van der Waals surface area contributed by atoms with Crippen molar-refractivity contribution in [1.29, 1.82) is 0 Å². The molecule has 0 spiro atoms. The second kappa shape index (κ2) is 10.4. The number of benzene rings is 2. The van der Waals surface area contributed by atoms with E-state index in [0.29, 0.717) is 24.0 Å². The van der Waals surface area contributed by atoms with Gasteiger partial charge in [-0.3, -0.25) is 4.79 Å². The van der Waals surface area contributed by atoms with Gasteiger partial charge in [-0.2, -0.15) is 0 Å². The number of hydrogen-bond acceptors (Lipinski definition) is 5. The Balaban J connectivity index is 2.61. The number of allylic oxidation sites excluding steroid dienone is 3. The zero-order valence-corrected chi connectivity index (χ0v) is 19.8. The Hall–Kier alpha value is -3.21. The minimum atomic E-state index is -0.428. The zero-order valence-electron chi connectivity index (χ0n) is 19.8. The predicted octanol–water partition coefficient (Wildman–Crippen LogP) is 6.20. The van der Waals surface area contributed by atoms with Crippen LogP contribution in [0.1, 0.15) is 68.1 Å². The smallest absolute Gasteiger partial charge is 0.193 e. The third kappa shape index (κ3) is 6.39. The number of rotatable bonds is 8. The summed E-state index contributed by atoms with van der Waals surface area (Å²) in [6, 6.07) is 6.43. The Labute approximate surface area is 190 Å².